The van der Waals surface area contributed by atoms with Crippen LogP contribution in [0.15, 0.2) is 0 Å². The summed E-state index contributed by atoms with van der Waals surface area (Å²) in [6, 6.07) is 0. The number of carboxylic acid groups (broad SMARTS) is 1. The summed E-state index contributed by atoms with van der Waals surface area (Å²) >= 11 is 0. The van der Waals surface area contributed by atoms with E-state index in [1.807, 2.05) is 0 Å². The third-order valence-corrected chi connectivity index (χ3v) is 2.49. The Morgan fingerprint density at radius 3 is 1.50 bits per heavy atom. The van der Waals surface area contributed by atoms with E-state index in [1.165, 1.54) is 44.9 Å². The maximum absolute atomic E-state index is 10.2. The summed E-state index contributed by atoms with van der Waals surface area (Å²) in [5.41, 5.74) is 0. The fraction of sp³-hybridized carbons (Fsp3) is 0.917. The van der Waals surface area contributed by atoms with Gasteiger partial charge in [0, 0.05) is 6.42 Å². The smallest absolute Gasteiger partial charge is 1.00 e. The molecule has 0 saturated heterocycles. The largest absolute Gasteiger partial charge is 1.00 e. The number of hydrogen-bond donors (Lipinski definition) is 4. The standard InChI is InChI=1S/C12H24O2.K.H3O4P.H/c1-2-3-4-5-6-7-8-9-10-11-12(13)14;;1-5(2,3)4;/h2-11H2,1H3,(H,13,14);;(H3,1,2,3,4);/q;+1;;-1. The zero-order valence-corrected chi connectivity index (χ0v) is 16.6. The Morgan fingerprint density at radius 1 is 0.900 bits per heavy atom. The van der Waals surface area contributed by atoms with E-state index in [4.69, 9.17) is 24.4 Å². The maximum atomic E-state index is 10.2. The predicted molar refractivity (Wildman–Crippen MR) is 74.9 cm³/mol. The SMILES string of the molecule is CCCCCCCCCCCC(=O)O.O=P(O)(O)O.[H-].[K+]. The molecular formula is C12H28KO6P. The van der Waals surface area contributed by atoms with Gasteiger partial charge in [-0.25, -0.2) is 4.57 Å². The van der Waals surface area contributed by atoms with Crippen LogP contribution in [0.25, 0.3) is 0 Å². The molecule has 118 valence electrons. The minimum absolute atomic E-state index is 0. The van der Waals surface area contributed by atoms with Gasteiger partial charge in [-0.1, -0.05) is 58.3 Å². The number of rotatable bonds is 10. The van der Waals surface area contributed by atoms with Gasteiger partial charge in [-0.2, -0.15) is 0 Å². The molecule has 0 bridgehead atoms. The fourth-order valence-corrected chi connectivity index (χ4v) is 1.59. The summed E-state index contributed by atoms with van der Waals surface area (Å²) in [5.74, 6) is -0.659. The predicted octanol–water partition coefficient (Wildman–Crippen LogP) is 0.180. The third kappa shape index (κ3) is 42.7. The molecule has 0 aromatic carbocycles. The van der Waals surface area contributed by atoms with E-state index in [9.17, 15) is 4.79 Å². The van der Waals surface area contributed by atoms with Crippen molar-refractivity contribution in [2.45, 2.75) is 71.1 Å². The van der Waals surface area contributed by atoms with Crippen molar-refractivity contribution in [3.63, 3.8) is 0 Å². The molecule has 0 fully saturated rings. The van der Waals surface area contributed by atoms with E-state index in [-0.39, 0.29) is 52.8 Å². The second-order valence-corrected chi connectivity index (χ2v) is 5.51. The molecule has 20 heavy (non-hydrogen) atoms. The average molecular weight is 338 g/mol. The molecule has 0 aliphatic carbocycles. The first-order valence-electron chi connectivity index (χ1n) is 6.77. The van der Waals surface area contributed by atoms with Gasteiger partial charge in [-0.05, 0) is 6.42 Å². The molecule has 0 saturated carbocycles. The first-order valence-corrected chi connectivity index (χ1v) is 8.34. The second-order valence-electron chi connectivity index (χ2n) is 4.49. The van der Waals surface area contributed by atoms with Crippen molar-refractivity contribution in [1.29, 1.82) is 0 Å². The van der Waals surface area contributed by atoms with Gasteiger partial charge in [0.1, 0.15) is 0 Å². The van der Waals surface area contributed by atoms with Crippen LogP contribution in [0.2, 0.25) is 0 Å². The van der Waals surface area contributed by atoms with Crippen LogP contribution in [0.1, 0.15) is 72.6 Å². The topological polar surface area (TPSA) is 115 Å². The van der Waals surface area contributed by atoms with Crippen LogP contribution in [0, 0.1) is 0 Å². The molecule has 0 aromatic heterocycles. The van der Waals surface area contributed by atoms with Gasteiger partial charge in [-0.3, -0.25) is 4.79 Å². The number of unbranched alkanes of at least 4 members (excludes halogenated alkanes) is 8. The van der Waals surface area contributed by atoms with Crippen molar-refractivity contribution in [3.05, 3.63) is 0 Å². The summed E-state index contributed by atoms with van der Waals surface area (Å²) in [6.45, 7) is 2.23. The molecule has 0 aromatic rings. The van der Waals surface area contributed by atoms with Crippen LogP contribution in [-0.2, 0) is 9.36 Å². The van der Waals surface area contributed by atoms with Crippen molar-refractivity contribution in [2.75, 3.05) is 0 Å². The molecule has 4 N–H and O–H groups in total. The van der Waals surface area contributed by atoms with Gasteiger partial charge < -0.3 is 21.2 Å². The molecule has 0 amide bonds. The van der Waals surface area contributed by atoms with Crippen LogP contribution in [0.3, 0.4) is 0 Å². The van der Waals surface area contributed by atoms with Crippen LogP contribution in [0.4, 0.5) is 0 Å². The summed E-state index contributed by atoms with van der Waals surface area (Å²) in [7, 11) is -4.64. The molecule has 8 heteroatoms. The quantitative estimate of drug-likeness (QED) is 0.257. The first-order chi connectivity index (χ1) is 8.77. The molecule has 0 aliphatic rings. The zero-order valence-electron chi connectivity index (χ0n) is 13.6. The molecule has 0 radical (unpaired) electrons. The van der Waals surface area contributed by atoms with Gasteiger partial charge >= 0.3 is 65.2 Å². The molecule has 0 aliphatic heterocycles. The number of phosphoric acid groups is 1. The molecule has 6 nitrogen and oxygen atoms in total. The van der Waals surface area contributed by atoms with E-state index >= 15 is 0 Å². The van der Waals surface area contributed by atoms with Gasteiger partial charge in [0.05, 0.1) is 0 Å². The monoisotopic (exact) mass is 338 g/mol. The molecule has 0 heterocycles. The van der Waals surface area contributed by atoms with Crippen LogP contribution in [-0.4, -0.2) is 25.8 Å². The van der Waals surface area contributed by atoms with Gasteiger partial charge in [0.25, 0.3) is 0 Å². The van der Waals surface area contributed by atoms with Crippen molar-refractivity contribution in [2.24, 2.45) is 0 Å². The number of carbonyl (C=O) groups is 1. The summed E-state index contributed by atoms with van der Waals surface area (Å²) in [5, 5.41) is 8.41. The van der Waals surface area contributed by atoms with Crippen LogP contribution >= 0.6 is 7.82 Å². The Morgan fingerprint density at radius 2 is 1.20 bits per heavy atom. The van der Waals surface area contributed by atoms with Crippen molar-refractivity contribution in [3.8, 4) is 0 Å². The normalized spacial score (nSPS) is 10.2. The Kier molecular flexibility index (Phi) is 23.9. The summed E-state index contributed by atoms with van der Waals surface area (Å²) in [4.78, 5) is 31.8. The maximum Gasteiger partial charge on any atom is 1.00 e. The van der Waals surface area contributed by atoms with Crippen molar-refractivity contribution >= 4 is 13.8 Å². The third-order valence-electron chi connectivity index (χ3n) is 2.49. The Hall–Kier alpha value is 1.22. The molecular weight excluding hydrogens is 310 g/mol. The van der Waals surface area contributed by atoms with Crippen LogP contribution < -0.4 is 51.4 Å². The fourth-order valence-electron chi connectivity index (χ4n) is 1.59. The Bertz CT molecular complexity index is 254. The number of carboxylic acids is 1. The number of aliphatic carboxylic acids is 1. The first kappa shape index (κ1) is 26.1. The van der Waals surface area contributed by atoms with E-state index in [0.29, 0.717) is 6.42 Å². The van der Waals surface area contributed by atoms with Crippen molar-refractivity contribution < 1.29 is 82.0 Å². The molecule has 0 rings (SSSR count). The van der Waals surface area contributed by atoms with E-state index in [0.717, 1.165) is 12.8 Å². The zero-order chi connectivity index (χ0) is 15.1. The van der Waals surface area contributed by atoms with Gasteiger partial charge in [0.15, 0.2) is 0 Å². The Balaban J connectivity index is -0.000000179. The summed E-state index contributed by atoms with van der Waals surface area (Å²) < 4.78 is 8.88. The number of hydrogen-bond acceptors (Lipinski definition) is 2. The van der Waals surface area contributed by atoms with E-state index in [1.54, 1.807) is 0 Å². The van der Waals surface area contributed by atoms with E-state index < -0.39 is 13.8 Å². The molecule has 0 unspecified atom stereocenters. The minimum atomic E-state index is -4.64. The van der Waals surface area contributed by atoms with Gasteiger partial charge in [0.2, 0.25) is 0 Å². The van der Waals surface area contributed by atoms with E-state index in [2.05, 4.69) is 6.92 Å². The van der Waals surface area contributed by atoms with Crippen LogP contribution in [0.5, 0.6) is 0 Å². The molecule has 0 spiro atoms. The van der Waals surface area contributed by atoms with Gasteiger partial charge in [-0.15, -0.1) is 0 Å². The average Bonchev–Trinajstić information content (AvgIpc) is 2.24. The minimum Gasteiger partial charge on any atom is -1.00 e. The Labute approximate surface area is 165 Å². The molecule has 0 atom stereocenters. The summed E-state index contributed by atoms with van der Waals surface area (Å²) in [6.07, 6.45) is 11.5. The second kappa shape index (κ2) is 18.3. The van der Waals surface area contributed by atoms with Crippen molar-refractivity contribution in [1.82, 2.24) is 0 Å².